The van der Waals surface area contributed by atoms with Crippen molar-refractivity contribution in [2.24, 2.45) is 0 Å². The fraction of sp³-hybridized carbons (Fsp3) is 0.632. The zero-order valence-corrected chi connectivity index (χ0v) is 16.2. The maximum absolute atomic E-state index is 13.0. The molecule has 2 aromatic rings. The lowest BCUT2D eigenvalue weighted by atomic mass is 9.97. The van der Waals surface area contributed by atoms with Gasteiger partial charge in [-0.2, -0.15) is 0 Å². The number of amides is 1. The number of aromatic nitrogens is 2. The number of carbonyl (C=O) groups excluding carboxylic acids is 1. The van der Waals surface area contributed by atoms with Crippen LogP contribution >= 0.6 is 11.3 Å². The Balaban J connectivity index is 1.51. The van der Waals surface area contributed by atoms with E-state index in [1.807, 2.05) is 4.90 Å². The first-order chi connectivity index (χ1) is 12.7. The summed E-state index contributed by atoms with van der Waals surface area (Å²) in [5.41, 5.74) is 1.14. The standard InChI is InChI=1S/C19H26N4O2S/c1-2-7-21-8-10-22(11-9-21)16(24)12-23-13-20-18-17(19(23)25)14-5-3-4-6-15(14)26-18/h13H,2-12H2,1H3/p+1. The molecule has 1 fully saturated rings. The highest BCUT2D eigenvalue weighted by Gasteiger charge is 2.25. The van der Waals surface area contributed by atoms with E-state index in [0.717, 1.165) is 55.7 Å². The Labute approximate surface area is 157 Å². The van der Waals surface area contributed by atoms with Crippen LogP contribution in [0.1, 0.15) is 36.6 Å². The lowest BCUT2D eigenvalue weighted by molar-refractivity contribution is -0.904. The number of thiophene rings is 1. The first-order valence-electron chi connectivity index (χ1n) is 9.78. The average Bonchev–Trinajstić information content (AvgIpc) is 3.04. The van der Waals surface area contributed by atoms with Crippen molar-refractivity contribution >= 4 is 27.5 Å². The number of nitrogens with zero attached hydrogens (tertiary/aromatic N) is 3. The molecule has 4 rings (SSSR count). The van der Waals surface area contributed by atoms with Gasteiger partial charge in [-0.15, -0.1) is 11.3 Å². The van der Waals surface area contributed by atoms with Gasteiger partial charge in [-0.05, 0) is 37.7 Å². The van der Waals surface area contributed by atoms with E-state index in [-0.39, 0.29) is 18.0 Å². The van der Waals surface area contributed by atoms with Gasteiger partial charge in [0.05, 0.1) is 44.4 Å². The molecule has 1 aliphatic heterocycles. The van der Waals surface area contributed by atoms with Gasteiger partial charge in [0.15, 0.2) is 0 Å². The number of piperazine rings is 1. The number of fused-ring (bicyclic) bond motifs is 3. The van der Waals surface area contributed by atoms with Gasteiger partial charge < -0.3 is 9.80 Å². The minimum Gasteiger partial charge on any atom is -0.332 e. The van der Waals surface area contributed by atoms with Crippen molar-refractivity contribution in [3.05, 3.63) is 27.1 Å². The fourth-order valence-corrected chi connectivity index (χ4v) is 5.43. The van der Waals surface area contributed by atoms with Crippen LogP contribution in [0.3, 0.4) is 0 Å². The average molecular weight is 376 g/mol. The van der Waals surface area contributed by atoms with Crippen LogP contribution < -0.4 is 10.5 Å². The predicted molar refractivity (Wildman–Crippen MR) is 103 cm³/mol. The number of nitrogens with one attached hydrogen (secondary N) is 1. The quantitative estimate of drug-likeness (QED) is 0.845. The van der Waals surface area contributed by atoms with Gasteiger partial charge in [-0.25, -0.2) is 4.98 Å². The second-order valence-electron chi connectivity index (χ2n) is 7.45. The van der Waals surface area contributed by atoms with Crippen LogP contribution in [0.2, 0.25) is 0 Å². The van der Waals surface area contributed by atoms with Crippen LogP contribution in [0.4, 0.5) is 0 Å². The molecule has 1 saturated heterocycles. The second kappa shape index (κ2) is 7.48. The van der Waals surface area contributed by atoms with E-state index in [1.54, 1.807) is 22.6 Å². The van der Waals surface area contributed by atoms with Gasteiger partial charge in [-0.1, -0.05) is 6.92 Å². The molecule has 140 valence electrons. The minimum absolute atomic E-state index is 0.0351. The summed E-state index contributed by atoms with van der Waals surface area (Å²) in [6, 6.07) is 0. The molecule has 1 amide bonds. The van der Waals surface area contributed by atoms with Crippen molar-refractivity contribution < 1.29 is 9.69 Å². The Morgan fingerprint density at radius 3 is 2.81 bits per heavy atom. The zero-order chi connectivity index (χ0) is 18.1. The third-order valence-electron chi connectivity index (χ3n) is 5.67. The SMILES string of the molecule is CCC[NH+]1CCN(C(=O)Cn2cnc3sc4c(c3c2=O)CCCC4)CC1. The van der Waals surface area contributed by atoms with Gasteiger partial charge >= 0.3 is 0 Å². The van der Waals surface area contributed by atoms with E-state index in [1.165, 1.54) is 34.4 Å². The molecule has 0 aromatic carbocycles. The molecule has 1 aliphatic carbocycles. The molecule has 2 aromatic heterocycles. The van der Waals surface area contributed by atoms with E-state index in [0.29, 0.717) is 0 Å². The molecule has 6 nitrogen and oxygen atoms in total. The largest absolute Gasteiger partial charge is 0.332 e. The number of rotatable bonds is 4. The smallest absolute Gasteiger partial charge is 0.262 e. The lowest BCUT2D eigenvalue weighted by Crippen LogP contribution is -3.14. The van der Waals surface area contributed by atoms with Crippen molar-refractivity contribution in [2.75, 3.05) is 32.7 Å². The van der Waals surface area contributed by atoms with E-state index >= 15 is 0 Å². The first-order valence-corrected chi connectivity index (χ1v) is 10.6. The third-order valence-corrected chi connectivity index (χ3v) is 6.87. The molecule has 3 heterocycles. The Morgan fingerprint density at radius 1 is 1.27 bits per heavy atom. The summed E-state index contributed by atoms with van der Waals surface area (Å²) in [6.07, 6.45) is 7.08. The third kappa shape index (κ3) is 3.30. The fourth-order valence-electron chi connectivity index (χ4n) is 4.22. The summed E-state index contributed by atoms with van der Waals surface area (Å²) in [7, 11) is 0. The van der Waals surface area contributed by atoms with E-state index in [4.69, 9.17) is 0 Å². The zero-order valence-electron chi connectivity index (χ0n) is 15.4. The van der Waals surface area contributed by atoms with Crippen LogP contribution in [0, 0.1) is 0 Å². The predicted octanol–water partition coefficient (Wildman–Crippen LogP) is 0.474. The van der Waals surface area contributed by atoms with E-state index < -0.39 is 0 Å². The topological polar surface area (TPSA) is 59.6 Å². The maximum Gasteiger partial charge on any atom is 0.262 e. The van der Waals surface area contributed by atoms with Crippen LogP contribution in [-0.2, 0) is 24.2 Å². The lowest BCUT2D eigenvalue weighted by Gasteiger charge is -2.32. The summed E-state index contributed by atoms with van der Waals surface area (Å²) in [5.74, 6) is 0.0351. The molecule has 0 radical (unpaired) electrons. The monoisotopic (exact) mass is 375 g/mol. The molecule has 0 atom stereocenters. The van der Waals surface area contributed by atoms with Crippen LogP contribution in [0.25, 0.3) is 10.2 Å². The van der Waals surface area contributed by atoms with Crippen molar-refractivity contribution in [1.29, 1.82) is 0 Å². The van der Waals surface area contributed by atoms with Crippen LogP contribution in [-0.4, -0.2) is 53.1 Å². The van der Waals surface area contributed by atoms with Crippen molar-refractivity contribution in [3.63, 3.8) is 0 Å². The highest BCUT2D eigenvalue weighted by atomic mass is 32.1. The van der Waals surface area contributed by atoms with Crippen molar-refractivity contribution in [3.8, 4) is 0 Å². The minimum atomic E-state index is -0.0435. The number of hydrogen-bond donors (Lipinski definition) is 1. The molecule has 0 bridgehead atoms. The summed E-state index contributed by atoms with van der Waals surface area (Å²) >= 11 is 1.65. The van der Waals surface area contributed by atoms with E-state index in [2.05, 4.69) is 11.9 Å². The van der Waals surface area contributed by atoms with Gasteiger partial charge in [0.25, 0.3) is 5.56 Å². The molecular weight excluding hydrogens is 348 g/mol. The molecule has 0 spiro atoms. The number of aryl methyl sites for hydroxylation is 2. The van der Waals surface area contributed by atoms with Crippen molar-refractivity contribution in [2.45, 2.75) is 45.6 Å². The molecule has 7 heteroatoms. The first kappa shape index (κ1) is 17.7. The Bertz CT molecular complexity index is 864. The maximum atomic E-state index is 13.0. The van der Waals surface area contributed by atoms with Crippen LogP contribution in [0.15, 0.2) is 11.1 Å². The van der Waals surface area contributed by atoms with Gasteiger partial charge in [0.2, 0.25) is 5.91 Å². The van der Waals surface area contributed by atoms with Gasteiger partial charge in [0.1, 0.15) is 11.4 Å². The molecule has 1 N–H and O–H groups in total. The van der Waals surface area contributed by atoms with Gasteiger partial charge in [0, 0.05) is 4.88 Å². The normalized spacial score (nSPS) is 18.3. The summed E-state index contributed by atoms with van der Waals surface area (Å²) in [5, 5.41) is 0.761. The number of carbonyl (C=O) groups is 1. The number of hydrogen-bond acceptors (Lipinski definition) is 4. The summed E-state index contributed by atoms with van der Waals surface area (Å²) < 4.78 is 1.51. The highest BCUT2D eigenvalue weighted by Crippen LogP contribution is 2.33. The molecule has 2 aliphatic rings. The van der Waals surface area contributed by atoms with Gasteiger partial charge in [-0.3, -0.25) is 14.2 Å². The summed E-state index contributed by atoms with van der Waals surface area (Å²) in [6.45, 7) is 7.05. The molecular formula is C19H27N4O2S+. The Morgan fingerprint density at radius 2 is 2.04 bits per heavy atom. The van der Waals surface area contributed by atoms with Crippen LogP contribution in [0.5, 0.6) is 0 Å². The summed E-state index contributed by atoms with van der Waals surface area (Å²) in [4.78, 5) is 35.8. The number of quaternary nitrogens is 1. The molecule has 0 saturated carbocycles. The molecule has 0 unspecified atom stereocenters. The Kier molecular flexibility index (Phi) is 5.09. The van der Waals surface area contributed by atoms with E-state index in [9.17, 15) is 9.59 Å². The second-order valence-corrected chi connectivity index (χ2v) is 8.53. The Hall–Kier alpha value is -1.73. The highest BCUT2D eigenvalue weighted by molar-refractivity contribution is 7.18. The van der Waals surface area contributed by atoms with Crippen molar-refractivity contribution in [1.82, 2.24) is 14.5 Å². The molecule has 26 heavy (non-hydrogen) atoms.